The van der Waals surface area contributed by atoms with Gasteiger partial charge in [-0.25, -0.2) is 0 Å². The van der Waals surface area contributed by atoms with E-state index in [-0.39, 0.29) is 18.5 Å². The molecule has 1 rings (SSSR count). The van der Waals surface area contributed by atoms with Gasteiger partial charge in [0, 0.05) is 13.5 Å². The highest BCUT2D eigenvalue weighted by molar-refractivity contribution is 6.73. The van der Waals surface area contributed by atoms with Gasteiger partial charge in [-0.05, 0) is 32.0 Å². The topological polar surface area (TPSA) is 47.9 Å². The number of ether oxygens (including phenoxy) is 2. The first-order chi connectivity index (χ1) is 8.84. The van der Waals surface area contributed by atoms with E-state index in [9.17, 15) is 5.11 Å². The van der Waals surface area contributed by atoms with Gasteiger partial charge in [-0.15, -0.1) is 0 Å². The van der Waals surface area contributed by atoms with Gasteiger partial charge in [-0.2, -0.15) is 0 Å². The van der Waals surface area contributed by atoms with Crippen molar-refractivity contribution >= 4 is 8.32 Å². The first-order valence-corrected chi connectivity index (χ1v) is 9.95. The van der Waals surface area contributed by atoms with Crippen LogP contribution in [0.15, 0.2) is 0 Å². The van der Waals surface area contributed by atoms with Crippen molar-refractivity contribution in [1.29, 1.82) is 0 Å². The summed E-state index contributed by atoms with van der Waals surface area (Å²) in [6.07, 6.45) is -0.290. The second-order valence-electron chi connectivity index (χ2n) is 5.85. The van der Waals surface area contributed by atoms with Crippen molar-refractivity contribution < 1.29 is 19.0 Å². The van der Waals surface area contributed by atoms with Crippen LogP contribution in [0.3, 0.4) is 0 Å². The summed E-state index contributed by atoms with van der Waals surface area (Å²) >= 11 is 0. The van der Waals surface area contributed by atoms with Crippen molar-refractivity contribution in [3.05, 3.63) is 0 Å². The Morgan fingerprint density at radius 3 is 2.16 bits per heavy atom. The lowest BCUT2D eigenvalue weighted by molar-refractivity contribution is -0.261. The Hall–Kier alpha value is 0.0569. The minimum atomic E-state index is -1.75. The number of methoxy groups -OCH3 is 1. The van der Waals surface area contributed by atoms with Crippen LogP contribution in [0.1, 0.15) is 41.0 Å². The summed E-state index contributed by atoms with van der Waals surface area (Å²) in [5.41, 5.74) is -0.893. The molecule has 0 saturated carbocycles. The van der Waals surface area contributed by atoms with Crippen LogP contribution in [-0.2, 0) is 13.9 Å². The maximum absolute atomic E-state index is 10.7. The van der Waals surface area contributed by atoms with E-state index in [1.54, 1.807) is 7.11 Å². The van der Waals surface area contributed by atoms with E-state index in [0.29, 0.717) is 6.42 Å². The van der Waals surface area contributed by atoms with E-state index in [2.05, 4.69) is 20.8 Å². The van der Waals surface area contributed by atoms with Crippen LogP contribution in [0, 0.1) is 0 Å². The quantitative estimate of drug-likeness (QED) is 0.764. The third-order valence-electron chi connectivity index (χ3n) is 4.56. The van der Waals surface area contributed by atoms with Gasteiger partial charge in [0.2, 0.25) is 0 Å². The van der Waals surface area contributed by atoms with Crippen LogP contribution in [0.5, 0.6) is 0 Å². The smallest absolute Gasteiger partial charge is 0.192 e. The molecule has 1 N–H and O–H groups in total. The van der Waals surface area contributed by atoms with Crippen molar-refractivity contribution in [2.45, 2.75) is 83.3 Å². The van der Waals surface area contributed by atoms with Crippen molar-refractivity contribution in [3.63, 3.8) is 0 Å². The molecule has 114 valence electrons. The molecule has 0 unspecified atom stereocenters. The van der Waals surface area contributed by atoms with Gasteiger partial charge in [0.1, 0.15) is 0 Å². The van der Waals surface area contributed by atoms with Crippen molar-refractivity contribution in [2.24, 2.45) is 0 Å². The Kier molecular flexibility index (Phi) is 6.01. The van der Waals surface area contributed by atoms with Crippen molar-refractivity contribution in [3.8, 4) is 0 Å². The molecule has 0 aliphatic carbocycles. The second-order valence-corrected chi connectivity index (χ2v) is 10.6. The average Bonchev–Trinajstić information content (AvgIpc) is 2.38. The molecule has 1 fully saturated rings. The van der Waals surface area contributed by atoms with Crippen LogP contribution in [0.4, 0.5) is 0 Å². The van der Waals surface area contributed by atoms with Crippen molar-refractivity contribution in [1.82, 2.24) is 0 Å². The van der Waals surface area contributed by atoms with Crippen LogP contribution in [0.2, 0.25) is 18.1 Å². The summed E-state index contributed by atoms with van der Waals surface area (Å²) in [4.78, 5) is 0. The Bertz CT molecular complexity index is 270. The highest BCUT2D eigenvalue weighted by atomic mass is 28.4. The van der Waals surface area contributed by atoms with Crippen LogP contribution < -0.4 is 0 Å². The fourth-order valence-electron chi connectivity index (χ4n) is 2.95. The summed E-state index contributed by atoms with van der Waals surface area (Å²) in [7, 11) is -0.139. The van der Waals surface area contributed by atoms with E-state index >= 15 is 0 Å². The number of rotatable bonds is 6. The minimum Gasteiger partial charge on any atom is -0.408 e. The molecule has 19 heavy (non-hydrogen) atoms. The Morgan fingerprint density at radius 2 is 1.79 bits per heavy atom. The van der Waals surface area contributed by atoms with E-state index < -0.39 is 13.9 Å². The molecule has 1 saturated heterocycles. The normalized spacial score (nSPS) is 36.5. The van der Waals surface area contributed by atoms with E-state index in [4.69, 9.17) is 13.9 Å². The Balaban J connectivity index is 2.86. The summed E-state index contributed by atoms with van der Waals surface area (Å²) in [5, 5.41) is 10.7. The zero-order valence-corrected chi connectivity index (χ0v) is 14.2. The Morgan fingerprint density at radius 1 is 1.26 bits per heavy atom. The Labute approximate surface area is 118 Å². The minimum absolute atomic E-state index is 0.148. The molecule has 4 atom stereocenters. The predicted molar refractivity (Wildman–Crippen MR) is 78.7 cm³/mol. The molecular formula is C14H30O4Si. The summed E-state index contributed by atoms with van der Waals surface area (Å²) < 4.78 is 17.5. The fraction of sp³-hybridized carbons (Fsp3) is 1.00. The second kappa shape index (κ2) is 6.67. The van der Waals surface area contributed by atoms with E-state index in [1.165, 1.54) is 0 Å². The molecule has 0 amide bonds. The molecule has 1 aliphatic heterocycles. The first kappa shape index (κ1) is 17.1. The van der Waals surface area contributed by atoms with Crippen LogP contribution >= 0.6 is 0 Å². The SMILES string of the molecule is CC[Si](CC)(CC)O[C@H]1[C@H](C)O[C@@H](OC)C[C@@]1(C)O. The third kappa shape index (κ3) is 3.79. The highest BCUT2D eigenvalue weighted by Crippen LogP contribution is 2.35. The van der Waals surface area contributed by atoms with E-state index in [1.807, 2.05) is 13.8 Å². The molecule has 0 aromatic heterocycles. The lowest BCUT2D eigenvalue weighted by atomic mass is 9.89. The van der Waals surface area contributed by atoms with Gasteiger partial charge in [-0.1, -0.05) is 20.8 Å². The molecule has 1 aliphatic rings. The number of aliphatic hydroxyl groups is 1. The van der Waals surface area contributed by atoms with Gasteiger partial charge in [-0.3, -0.25) is 0 Å². The third-order valence-corrected chi connectivity index (χ3v) is 9.18. The summed E-state index contributed by atoms with van der Waals surface area (Å²) in [6.45, 7) is 10.4. The monoisotopic (exact) mass is 290 g/mol. The summed E-state index contributed by atoms with van der Waals surface area (Å²) in [5.74, 6) is 0. The highest BCUT2D eigenvalue weighted by Gasteiger charge is 2.48. The van der Waals surface area contributed by atoms with Gasteiger partial charge in [0.25, 0.3) is 0 Å². The van der Waals surface area contributed by atoms with Crippen LogP contribution in [0.25, 0.3) is 0 Å². The van der Waals surface area contributed by atoms with Gasteiger partial charge in [0.05, 0.1) is 17.8 Å². The lowest BCUT2D eigenvalue weighted by Gasteiger charge is -2.47. The molecule has 0 bridgehead atoms. The molecule has 0 radical (unpaired) electrons. The van der Waals surface area contributed by atoms with Gasteiger partial charge >= 0.3 is 0 Å². The molecule has 1 heterocycles. The molecule has 0 spiro atoms. The van der Waals surface area contributed by atoms with Gasteiger partial charge < -0.3 is 19.0 Å². The standard InChI is InChI=1S/C14H30O4Si/c1-7-19(8-2,9-3)18-13-11(4)17-12(16-6)10-14(13,5)15/h11-13,15H,7-10H2,1-6H3/t11-,12+,13-,14+/m0/s1. The maximum Gasteiger partial charge on any atom is 0.192 e. The zero-order chi connectivity index (χ0) is 14.7. The van der Waals surface area contributed by atoms with Crippen LogP contribution in [-0.4, -0.2) is 44.6 Å². The number of hydrogen-bond acceptors (Lipinski definition) is 4. The number of hydrogen-bond donors (Lipinski definition) is 1. The molecule has 0 aromatic rings. The maximum atomic E-state index is 10.7. The summed E-state index contributed by atoms with van der Waals surface area (Å²) in [6, 6.07) is 3.23. The average molecular weight is 290 g/mol. The molecular weight excluding hydrogens is 260 g/mol. The molecule has 0 aromatic carbocycles. The zero-order valence-electron chi connectivity index (χ0n) is 13.2. The van der Waals surface area contributed by atoms with Crippen molar-refractivity contribution in [2.75, 3.05) is 7.11 Å². The lowest BCUT2D eigenvalue weighted by Crippen LogP contribution is -2.60. The van der Waals surface area contributed by atoms with Gasteiger partial charge in [0.15, 0.2) is 14.6 Å². The predicted octanol–water partition coefficient (Wildman–Crippen LogP) is 2.91. The first-order valence-electron chi connectivity index (χ1n) is 7.42. The largest absolute Gasteiger partial charge is 0.408 e. The van der Waals surface area contributed by atoms with E-state index in [0.717, 1.165) is 18.1 Å². The fourth-order valence-corrected chi connectivity index (χ4v) is 5.93. The molecule has 4 nitrogen and oxygen atoms in total. The molecule has 5 heteroatoms.